The molecule has 0 saturated heterocycles. The maximum Gasteiger partial charge on any atom is 0.196 e. The van der Waals surface area contributed by atoms with Gasteiger partial charge in [0.2, 0.25) is 0 Å². The van der Waals surface area contributed by atoms with Gasteiger partial charge in [-0.25, -0.2) is 4.98 Å². The Morgan fingerprint density at radius 2 is 1.89 bits per heavy atom. The topological polar surface area (TPSA) is 52.0 Å². The first-order chi connectivity index (χ1) is 8.88. The molecule has 18 heavy (non-hydrogen) atoms. The monoisotopic (exact) mass is 238 g/mol. The van der Waals surface area contributed by atoms with Crippen LogP contribution in [0.4, 0.5) is 0 Å². The summed E-state index contributed by atoms with van der Waals surface area (Å²) >= 11 is 0. The standard InChI is InChI=1S/C15H14N2O/c16-9-8-15-17-10-14(18-15)13-7-3-5-11-4-1-2-6-12(11)13/h1-7,10H,8-9,16H2. The zero-order valence-electron chi connectivity index (χ0n) is 9.97. The van der Waals surface area contributed by atoms with Crippen molar-refractivity contribution in [3.05, 3.63) is 54.6 Å². The van der Waals surface area contributed by atoms with Crippen LogP contribution >= 0.6 is 0 Å². The van der Waals surface area contributed by atoms with Crippen LogP contribution in [0.5, 0.6) is 0 Å². The Hall–Kier alpha value is -2.13. The molecule has 0 atom stereocenters. The fourth-order valence-corrected chi connectivity index (χ4v) is 2.11. The van der Waals surface area contributed by atoms with Gasteiger partial charge in [0.05, 0.1) is 6.20 Å². The lowest BCUT2D eigenvalue weighted by atomic mass is 10.0. The summed E-state index contributed by atoms with van der Waals surface area (Å²) in [7, 11) is 0. The predicted molar refractivity (Wildman–Crippen MR) is 72.2 cm³/mol. The van der Waals surface area contributed by atoms with Crippen LogP contribution in [0.25, 0.3) is 22.1 Å². The molecule has 0 fully saturated rings. The summed E-state index contributed by atoms with van der Waals surface area (Å²) in [6, 6.07) is 14.4. The summed E-state index contributed by atoms with van der Waals surface area (Å²) in [5, 5.41) is 2.38. The number of nitrogens with zero attached hydrogens (tertiary/aromatic N) is 1. The van der Waals surface area contributed by atoms with Crippen LogP contribution < -0.4 is 5.73 Å². The van der Waals surface area contributed by atoms with Crippen molar-refractivity contribution in [1.82, 2.24) is 4.98 Å². The summed E-state index contributed by atoms with van der Waals surface area (Å²) in [5.74, 6) is 1.50. The van der Waals surface area contributed by atoms with Gasteiger partial charge in [-0.2, -0.15) is 0 Å². The second kappa shape index (κ2) is 4.63. The molecule has 0 aliphatic carbocycles. The Balaban J connectivity index is 2.12. The molecule has 0 bridgehead atoms. The molecule has 0 aliphatic rings. The second-order valence-electron chi connectivity index (χ2n) is 4.18. The minimum absolute atomic E-state index is 0.551. The largest absolute Gasteiger partial charge is 0.441 e. The molecule has 0 spiro atoms. The zero-order chi connectivity index (χ0) is 12.4. The summed E-state index contributed by atoms with van der Waals surface area (Å²) in [6.07, 6.45) is 2.44. The highest BCUT2D eigenvalue weighted by molar-refractivity contribution is 5.95. The van der Waals surface area contributed by atoms with Crippen LogP contribution in [0.2, 0.25) is 0 Å². The number of nitrogens with two attached hydrogens (primary N) is 1. The molecule has 0 radical (unpaired) electrons. The lowest BCUT2D eigenvalue weighted by Gasteiger charge is -2.02. The number of hydrogen-bond donors (Lipinski definition) is 1. The Morgan fingerprint density at radius 1 is 1.06 bits per heavy atom. The molecular weight excluding hydrogens is 224 g/mol. The lowest BCUT2D eigenvalue weighted by Crippen LogP contribution is -2.02. The summed E-state index contributed by atoms with van der Waals surface area (Å²) in [6.45, 7) is 0.551. The molecule has 1 aromatic heterocycles. The van der Waals surface area contributed by atoms with Gasteiger partial charge in [0, 0.05) is 18.5 Å². The van der Waals surface area contributed by atoms with E-state index in [1.807, 2.05) is 18.2 Å². The van der Waals surface area contributed by atoms with Gasteiger partial charge in [0.25, 0.3) is 0 Å². The van der Waals surface area contributed by atoms with Gasteiger partial charge in [-0.05, 0) is 10.8 Å². The van der Waals surface area contributed by atoms with Gasteiger partial charge >= 0.3 is 0 Å². The van der Waals surface area contributed by atoms with Gasteiger partial charge in [-0.15, -0.1) is 0 Å². The zero-order valence-corrected chi connectivity index (χ0v) is 9.97. The summed E-state index contributed by atoms with van der Waals surface area (Å²) < 4.78 is 5.73. The molecule has 0 amide bonds. The van der Waals surface area contributed by atoms with Crippen molar-refractivity contribution in [2.45, 2.75) is 6.42 Å². The number of fused-ring (bicyclic) bond motifs is 1. The molecule has 90 valence electrons. The molecule has 1 heterocycles. The van der Waals surface area contributed by atoms with Crippen LogP contribution in [0, 0.1) is 0 Å². The van der Waals surface area contributed by atoms with Gasteiger partial charge in [-0.1, -0.05) is 42.5 Å². The Kier molecular flexibility index (Phi) is 2.82. The van der Waals surface area contributed by atoms with E-state index in [-0.39, 0.29) is 0 Å². The van der Waals surface area contributed by atoms with Crippen molar-refractivity contribution in [3.8, 4) is 11.3 Å². The first-order valence-corrected chi connectivity index (χ1v) is 6.01. The number of benzene rings is 2. The van der Waals surface area contributed by atoms with E-state index in [0.29, 0.717) is 18.9 Å². The maximum atomic E-state index is 5.73. The Bertz CT molecular complexity index is 668. The second-order valence-corrected chi connectivity index (χ2v) is 4.18. The van der Waals surface area contributed by atoms with E-state index in [1.165, 1.54) is 10.8 Å². The highest BCUT2D eigenvalue weighted by Crippen LogP contribution is 2.28. The van der Waals surface area contributed by atoms with E-state index in [0.717, 1.165) is 11.3 Å². The van der Waals surface area contributed by atoms with Crippen molar-refractivity contribution >= 4 is 10.8 Å². The van der Waals surface area contributed by atoms with Crippen molar-refractivity contribution in [3.63, 3.8) is 0 Å². The van der Waals surface area contributed by atoms with Crippen LogP contribution in [0.1, 0.15) is 5.89 Å². The lowest BCUT2D eigenvalue weighted by molar-refractivity contribution is 0.508. The van der Waals surface area contributed by atoms with Crippen LogP contribution in [-0.2, 0) is 6.42 Å². The minimum atomic E-state index is 0.551. The van der Waals surface area contributed by atoms with E-state index < -0.39 is 0 Å². The molecule has 3 heteroatoms. The molecule has 2 N–H and O–H groups in total. The smallest absolute Gasteiger partial charge is 0.196 e. The third kappa shape index (κ3) is 1.89. The van der Waals surface area contributed by atoms with Crippen LogP contribution in [-0.4, -0.2) is 11.5 Å². The van der Waals surface area contributed by atoms with Gasteiger partial charge in [-0.3, -0.25) is 0 Å². The third-order valence-electron chi connectivity index (χ3n) is 2.97. The first kappa shape index (κ1) is 11.0. The molecule has 3 aromatic rings. The first-order valence-electron chi connectivity index (χ1n) is 6.01. The fourth-order valence-electron chi connectivity index (χ4n) is 2.11. The Morgan fingerprint density at radius 3 is 2.78 bits per heavy atom. The summed E-state index contributed by atoms with van der Waals surface area (Å²) in [5.41, 5.74) is 6.57. The average Bonchev–Trinajstić information content (AvgIpc) is 2.87. The highest BCUT2D eigenvalue weighted by Gasteiger charge is 2.08. The maximum absolute atomic E-state index is 5.73. The van der Waals surface area contributed by atoms with Gasteiger partial charge < -0.3 is 10.2 Å². The molecule has 3 rings (SSSR count). The van der Waals surface area contributed by atoms with E-state index in [2.05, 4.69) is 29.2 Å². The molecule has 2 aromatic carbocycles. The number of rotatable bonds is 3. The fraction of sp³-hybridized carbons (Fsp3) is 0.133. The highest BCUT2D eigenvalue weighted by atomic mass is 16.4. The molecule has 0 saturated carbocycles. The van der Waals surface area contributed by atoms with Gasteiger partial charge in [0.15, 0.2) is 11.7 Å². The predicted octanol–water partition coefficient (Wildman–Crippen LogP) is 3.00. The quantitative estimate of drug-likeness (QED) is 0.763. The molecule has 0 aliphatic heterocycles. The van der Waals surface area contributed by atoms with Crippen LogP contribution in [0.3, 0.4) is 0 Å². The van der Waals surface area contributed by atoms with Crippen molar-refractivity contribution in [1.29, 1.82) is 0 Å². The third-order valence-corrected chi connectivity index (χ3v) is 2.97. The normalized spacial score (nSPS) is 10.9. The molecule has 3 nitrogen and oxygen atoms in total. The van der Waals surface area contributed by atoms with Crippen molar-refractivity contribution in [2.75, 3.05) is 6.54 Å². The van der Waals surface area contributed by atoms with E-state index >= 15 is 0 Å². The molecular formula is C15H14N2O. The van der Waals surface area contributed by atoms with Gasteiger partial charge in [0.1, 0.15) is 0 Å². The number of hydrogen-bond acceptors (Lipinski definition) is 3. The minimum Gasteiger partial charge on any atom is -0.441 e. The summed E-state index contributed by atoms with van der Waals surface area (Å²) in [4.78, 5) is 4.24. The number of oxazole rings is 1. The SMILES string of the molecule is NCCc1ncc(-c2cccc3ccccc23)o1. The Labute approximate surface area is 105 Å². The average molecular weight is 238 g/mol. The van der Waals surface area contributed by atoms with E-state index in [1.54, 1.807) is 6.20 Å². The molecule has 0 unspecified atom stereocenters. The van der Waals surface area contributed by atoms with E-state index in [4.69, 9.17) is 10.2 Å². The van der Waals surface area contributed by atoms with E-state index in [9.17, 15) is 0 Å². The van der Waals surface area contributed by atoms with Crippen molar-refractivity contribution in [2.24, 2.45) is 5.73 Å². The van der Waals surface area contributed by atoms with Crippen LogP contribution in [0.15, 0.2) is 53.1 Å². The van der Waals surface area contributed by atoms with Crippen molar-refractivity contribution < 1.29 is 4.42 Å². The number of aromatic nitrogens is 1.